The molecule has 0 unspecified atom stereocenters. The van der Waals surface area contributed by atoms with Crippen LogP contribution in [0.1, 0.15) is 0 Å². The van der Waals surface area contributed by atoms with E-state index >= 15 is 0 Å². The molecule has 0 fully saturated rings. The van der Waals surface area contributed by atoms with Crippen molar-refractivity contribution < 1.29 is 13.2 Å². The van der Waals surface area contributed by atoms with Gasteiger partial charge < -0.3 is 4.90 Å². The van der Waals surface area contributed by atoms with Crippen LogP contribution in [0.4, 0.5) is 5.69 Å². The van der Waals surface area contributed by atoms with E-state index in [1.165, 1.54) is 31.3 Å². The molecular formula is C15H13Cl2NO3S. The third kappa shape index (κ3) is 2.97. The molecule has 0 spiro atoms. The molecule has 7 heteroatoms. The highest BCUT2D eigenvalue weighted by Gasteiger charge is 2.50. The zero-order chi connectivity index (χ0) is 16.4. The molecule has 0 bridgehead atoms. The molecule has 0 heterocycles. The molecule has 0 aliphatic heterocycles. The van der Waals surface area contributed by atoms with E-state index in [1.54, 1.807) is 36.4 Å². The van der Waals surface area contributed by atoms with Crippen LogP contribution in [0, 0.1) is 0 Å². The zero-order valence-corrected chi connectivity index (χ0v) is 13.9. The minimum atomic E-state index is -4.25. The molecule has 116 valence electrons. The maximum Gasteiger partial charge on any atom is 0.300 e. The predicted molar refractivity (Wildman–Crippen MR) is 87.9 cm³/mol. The van der Waals surface area contributed by atoms with Crippen LogP contribution in [0.5, 0.6) is 0 Å². The van der Waals surface area contributed by atoms with Crippen LogP contribution in [0.3, 0.4) is 0 Å². The van der Waals surface area contributed by atoms with Crippen LogP contribution in [0.15, 0.2) is 65.6 Å². The number of sulfone groups is 1. The van der Waals surface area contributed by atoms with Crippen LogP contribution in [-0.2, 0) is 14.6 Å². The Morgan fingerprint density at radius 2 is 1.41 bits per heavy atom. The SMILES string of the molecule is CN(C(=O)C(Cl)(Cl)S(=O)(=O)c1ccccc1)c1ccccc1. The monoisotopic (exact) mass is 357 g/mol. The summed E-state index contributed by atoms with van der Waals surface area (Å²) in [6, 6.07) is 15.9. The second kappa shape index (κ2) is 6.28. The van der Waals surface area contributed by atoms with Crippen molar-refractivity contribution >= 4 is 44.6 Å². The maximum atomic E-state index is 12.5. The molecule has 1 amide bonds. The number of carbonyl (C=O) groups is 1. The molecular weight excluding hydrogens is 345 g/mol. The van der Waals surface area contributed by atoms with Gasteiger partial charge in [0.25, 0.3) is 5.91 Å². The van der Waals surface area contributed by atoms with Gasteiger partial charge in [0.1, 0.15) is 0 Å². The number of halogens is 2. The normalized spacial score (nSPS) is 12.0. The number of nitrogens with zero attached hydrogens (tertiary/aromatic N) is 1. The van der Waals surface area contributed by atoms with E-state index in [4.69, 9.17) is 23.2 Å². The smallest absolute Gasteiger partial charge is 0.300 e. The van der Waals surface area contributed by atoms with Gasteiger partial charge in [-0.1, -0.05) is 59.6 Å². The Balaban J connectivity index is 2.40. The second-order valence-corrected chi connectivity index (χ2v) is 8.40. The van der Waals surface area contributed by atoms with Gasteiger partial charge in [-0.25, -0.2) is 8.42 Å². The van der Waals surface area contributed by atoms with E-state index < -0.39 is 19.4 Å². The Hall–Kier alpha value is -1.56. The number of carbonyl (C=O) groups excluding carboxylic acids is 1. The fraction of sp³-hybridized carbons (Fsp3) is 0.133. The number of amides is 1. The van der Waals surface area contributed by atoms with Gasteiger partial charge in [-0.05, 0) is 24.3 Å². The van der Waals surface area contributed by atoms with Gasteiger partial charge in [-0.2, -0.15) is 0 Å². The van der Waals surface area contributed by atoms with E-state index in [9.17, 15) is 13.2 Å². The Morgan fingerprint density at radius 1 is 0.955 bits per heavy atom. The van der Waals surface area contributed by atoms with Crippen molar-refractivity contribution in [2.75, 3.05) is 11.9 Å². The van der Waals surface area contributed by atoms with Gasteiger partial charge in [0.05, 0.1) is 4.90 Å². The largest absolute Gasteiger partial charge is 0.312 e. The van der Waals surface area contributed by atoms with E-state index in [-0.39, 0.29) is 4.90 Å². The number of alkyl halides is 2. The molecule has 0 N–H and O–H groups in total. The summed E-state index contributed by atoms with van der Waals surface area (Å²) in [6.07, 6.45) is 0. The fourth-order valence-electron chi connectivity index (χ4n) is 1.83. The van der Waals surface area contributed by atoms with Gasteiger partial charge in [-0.3, -0.25) is 4.79 Å². The highest BCUT2D eigenvalue weighted by Crippen LogP contribution is 2.36. The maximum absolute atomic E-state index is 12.5. The van der Waals surface area contributed by atoms with Crippen molar-refractivity contribution in [3.05, 3.63) is 60.7 Å². The molecule has 0 aliphatic carbocycles. The van der Waals surface area contributed by atoms with Crippen LogP contribution >= 0.6 is 23.2 Å². The Bertz CT molecular complexity index is 762. The third-order valence-electron chi connectivity index (χ3n) is 3.09. The summed E-state index contributed by atoms with van der Waals surface area (Å²) in [5.74, 6) is -0.939. The van der Waals surface area contributed by atoms with Gasteiger partial charge in [0.15, 0.2) is 0 Å². The second-order valence-electron chi connectivity index (χ2n) is 4.53. The van der Waals surface area contributed by atoms with Crippen LogP contribution in [0.25, 0.3) is 0 Å². The Morgan fingerprint density at radius 3 is 1.91 bits per heavy atom. The van der Waals surface area contributed by atoms with Crippen molar-refractivity contribution in [3.63, 3.8) is 0 Å². The standard InChI is InChI=1S/C15H13Cl2NO3S/c1-18(12-8-4-2-5-9-12)14(19)15(16,17)22(20,21)13-10-6-3-7-11-13/h2-11H,1H3. The average Bonchev–Trinajstić information content (AvgIpc) is 2.54. The minimum Gasteiger partial charge on any atom is -0.312 e. The summed E-state index contributed by atoms with van der Waals surface area (Å²) in [5.41, 5.74) is 0.487. The lowest BCUT2D eigenvalue weighted by Crippen LogP contribution is -2.45. The summed E-state index contributed by atoms with van der Waals surface area (Å²) in [6.45, 7) is 0. The molecule has 0 aliphatic rings. The summed E-state index contributed by atoms with van der Waals surface area (Å²) in [5, 5.41) is 0. The summed E-state index contributed by atoms with van der Waals surface area (Å²) in [4.78, 5) is 13.5. The predicted octanol–water partition coefficient (Wildman–Crippen LogP) is 3.25. The van der Waals surface area contributed by atoms with Crippen molar-refractivity contribution in [2.24, 2.45) is 0 Å². The van der Waals surface area contributed by atoms with Crippen molar-refractivity contribution in [1.29, 1.82) is 0 Å². The van der Waals surface area contributed by atoms with Gasteiger partial charge in [0, 0.05) is 12.7 Å². The van der Waals surface area contributed by atoms with Crippen molar-refractivity contribution in [1.82, 2.24) is 0 Å². The van der Waals surface area contributed by atoms with Crippen molar-refractivity contribution in [2.45, 2.75) is 8.56 Å². The average molecular weight is 358 g/mol. The number of para-hydroxylation sites is 1. The quantitative estimate of drug-likeness (QED) is 0.789. The molecule has 0 radical (unpaired) electrons. The van der Waals surface area contributed by atoms with E-state index in [0.29, 0.717) is 5.69 Å². The van der Waals surface area contributed by atoms with Crippen LogP contribution in [-0.4, -0.2) is 25.0 Å². The molecule has 0 saturated carbocycles. The lowest BCUT2D eigenvalue weighted by Gasteiger charge is -2.25. The van der Waals surface area contributed by atoms with E-state index in [0.717, 1.165) is 4.90 Å². The molecule has 2 aromatic carbocycles. The van der Waals surface area contributed by atoms with Crippen molar-refractivity contribution in [3.8, 4) is 0 Å². The molecule has 0 saturated heterocycles. The van der Waals surface area contributed by atoms with Gasteiger partial charge in [-0.15, -0.1) is 0 Å². The third-order valence-corrected chi connectivity index (χ3v) is 6.37. The highest BCUT2D eigenvalue weighted by atomic mass is 35.5. The first-order chi connectivity index (χ1) is 10.3. The topological polar surface area (TPSA) is 54.5 Å². The molecule has 2 aromatic rings. The molecule has 2 rings (SSSR count). The summed E-state index contributed by atoms with van der Waals surface area (Å²) < 4.78 is 22.4. The first kappa shape index (κ1) is 16.8. The number of benzene rings is 2. The van der Waals surface area contributed by atoms with Gasteiger partial charge in [0.2, 0.25) is 9.84 Å². The lowest BCUT2D eigenvalue weighted by molar-refractivity contribution is -0.117. The molecule has 0 atom stereocenters. The minimum absolute atomic E-state index is 0.116. The number of rotatable bonds is 4. The first-order valence-corrected chi connectivity index (χ1v) is 8.53. The lowest BCUT2D eigenvalue weighted by atomic mass is 10.3. The summed E-state index contributed by atoms with van der Waals surface area (Å²) >= 11 is 11.9. The van der Waals surface area contributed by atoms with Crippen LogP contribution < -0.4 is 4.90 Å². The fourth-order valence-corrected chi connectivity index (χ4v) is 3.79. The molecule has 0 aromatic heterocycles. The first-order valence-electron chi connectivity index (χ1n) is 6.29. The number of hydrogen-bond donors (Lipinski definition) is 0. The Labute approximate surface area is 139 Å². The zero-order valence-electron chi connectivity index (χ0n) is 11.6. The molecule has 22 heavy (non-hydrogen) atoms. The Kier molecular flexibility index (Phi) is 4.80. The number of hydrogen-bond acceptors (Lipinski definition) is 3. The van der Waals surface area contributed by atoms with E-state index in [2.05, 4.69) is 0 Å². The summed E-state index contributed by atoms with van der Waals surface area (Å²) in [7, 11) is -2.84. The molecule has 4 nitrogen and oxygen atoms in total. The highest BCUT2D eigenvalue weighted by molar-refractivity contribution is 7.96. The van der Waals surface area contributed by atoms with E-state index in [1.807, 2.05) is 0 Å². The number of anilines is 1. The van der Waals surface area contributed by atoms with Crippen LogP contribution in [0.2, 0.25) is 0 Å². The van der Waals surface area contributed by atoms with Gasteiger partial charge >= 0.3 is 3.67 Å².